The molecule has 0 saturated carbocycles. The van der Waals surface area contributed by atoms with Gasteiger partial charge in [0.15, 0.2) is 0 Å². The molecule has 1 amide bonds. The Hall–Kier alpha value is -2.41. The molecular weight excluding hydrogens is 471 g/mol. The number of ether oxygens (including phenoxy) is 1. The molecule has 0 aromatic heterocycles. The van der Waals surface area contributed by atoms with Crippen molar-refractivity contribution in [3.8, 4) is 0 Å². The zero-order valence-corrected chi connectivity index (χ0v) is 18.1. The van der Waals surface area contributed by atoms with Gasteiger partial charge in [-0.15, -0.1) is 0 Å². The second-order valence-electron chi connectivity index (χ2n) is 7.40. The molecule has 0 spiro atoms. The summed E-state index contributed by atoms with van der Waals surface area (Å²) in [7, 11) is 0. The lowest BCUT2D eigenvalue weighted by Gasteiger charge is -2.29. The fraction of sp³-hybridized carbons (Fsp3) is 0.174. The van der Waals surface area contributed by atoms with Crippen molar-refractivity contribution >= 4 is 39.1 Å². The minimum Gasteiger partial charge on any atom is -0.376 e. The third-order valence-corrected chi connectivity index (χ3v) is 6.33. The van der Waals surface area contributed by atoms with Gasteiger partial charge in [0.05, 0.1) is 25.3 Å². The van der Waals surface area contributed by atoms with Crippen LogP contribution < -0.4 is 10.6 Å². The molecule has 2 N–H and O–H groups in total. The third kappa shape index (κ3) is 3.39. The van der Waals surface area contributed by atoms with Gasteiger partial charge >= 0.3 is 0 Å². The maximum Gasteiger partial charge on any atom is 0.252 e. The summed E-state index contributed by atoms with van der Waals surface area (Å²) < 4.78 is 20.5. The molecule has 152 valence electrons. The van der Waals surface area contributed by atoms with E-state index in [-0.39, 0.29) is 11.9 Å². The SMILES string of the molecule is O=C1N[C@@H](c2cc(F)ccc2Cl)c2c(N[C@@H]3COCc4ccccc43)cc(Br)cc21. The smallest absolute Gasteiger partial charge is 0.252 e. The van der Waals surface area contributed by atoms with Crippen molar-refractivity contribution in [3.05, 3.63) is 97.7 Å². The first-order valence-corrected chi connectivity index (χ1v) is 10.7. The van der Waals surface area contributed by atoms with Crippen molar-refractivity contribution in [2.45, 2.75) is 18.7 Å². The van der Waals surface area contributed by atoms with Gasteiger partial charge in [0.1, 0.15) is 5.82 Å². The molecule has 0 unspecified atom stereocenters. The highest BCUT2D eigenvalue weighted by Crippen LogP contribution is 2.42. The van der Waals surface area contributed by atoms with Crippen LogP contribution in [0.5, 0.6) is 0 Å². The summed E-state index contributed by atoms with van der Waals surface area (Å²) in [6.07, 6.45) is 0. The molecule has 3 aromatic carbocycles. The first kappa shape index (κ1) is 19.5. The second-order valence-corrected chi connectivity index (χ2v) is 8.72. The van der Waals surface area contributed by atoms with Crippen molar-refractivity contribution < 1.29 is 13.9 Å². The molecule has 0 radical (unpaired) electrons. The quantitative estimate of drug-likeness (QED) is 0.494. The maximum atomic E-state index is 14.0. The molecule has 2 heterocycles. The van der Waals surface area contributed by atoms with E-state index in [2.05, 4.69) is 38.7 Å². The fourth-order valence-electron chi connectivity index (χ4n) is 4.18. The molecule has 3 aromatic rings. The van der Waals surface area contributed by atoms with Crippen LogP contribution in [-0.4, -0.2) is 12.5 Å². The van der Waals surface area contributed by atoms with Gasteiger partial charge in [-0.3, -0.25) is 4.79 Å². The van der Waals surface area contributed by atoms with Gasteiger partial charge in [-0.05, 0) is 41.5 Å². The fourth-order valence-corrected chi connectivity index (χ4v) is 4.86. The minimum atomic E-state index is -0.550. The van der Waals surface area contributed by atoms with E-state index < -0.39 is 11.9 Å². The van der Waals surface area contributed by atoms with Gasteiger partial charge in [-0.25, -0.2) is 4.39 Å². The highest BCUT2D eigenvalue weighted by atomic mass is 79.9. The van der Waals surface area contributed by atoms with Crippen molar-refractivity contribution in [2.24, 2.45) is 0 Å². The number of benzene rings is 3. The number of anilines is 1. The van der Waals surface area contributed by atoms with Crippen molar-refractivity contribution in [1.82, 2.24) is 5.32 Å². The number of nitrogens with one attached hydrogen (secondary N) is 2. The molecule has 2 atom stereocenters. The molecule has 4 nitrogen and oxygen atoms in total. The Labute approximate surface area is 186 Å². The predicted molar refractivity (Wildman–Crippen MR) is 117 cm³/mol. The van der Waals surface area contributed by atoms with E-state index in [1.54, 1.807) is 6.07 Å². The highest BCUT2D eigenvalue weighted by Gasteiger charge is 2.35. The van der Waals surface area contributed by atoms with E-state index in [0.717, 1.165) is 26.9 Å². The molecule has 7 heteroatoms. The monoisotopic (exact) mass is 486 g/mol. The Morgan fingerprint density at radius 1 is 1.13 bits per heavy atom. The zero-order valence-electron chi connectivity index (χ0n) is 15.7. The van der Waals surface area contributed by atoms with Crippen LogP contribution in [0.15, 0.2) is 59.1 Å². The average Bonchev–Trinajstić information content (AvgIpc) is 3.06. The molecule has 0 saturated heterocycles. The molecule has 2 aliphatic rings. The Morgan fingerprint density at radius 3 is 2.83 bits per heavy atom. The summed E-state index contributed by atoms with van der Waals surface area (Å²) in [5.74, 6) is -0.627. The maximum absolute atomic E-state index is 14.0. The van der Waals surface area contributed by atoms with Gasteiger partial charge in [0.2, 0.25) is 0 Å². The lowest BCUT2D eigenvalue weighted by Crippen LogP contribution is -2.24. The van der Waals surface area contributed by atoms with Gasteiger partial charge in [-0.2, -0.15) is 0 Å². The second kappa shape index (κ2) is 7.69. The summed E-state index contributed by atoms with van der Waals surface area (Å²) in [4.78, 5) is 12.7. The number of fused-ring (bicyclic) bond motifs is 2. The largest absolute Gasteiger partial charge is 0.376 e. The van der Waals surface area contributed by atoms with Gasteiger partial charge in [-0.1, -0.05) is 51.8 Å². The number of carbonyl (C=O) groups excluding carboxylic acids is 1. The number of halogens is 3. The molecule has 2 aliphatic heterocycles. The molecule has 0 bridgehead atoms. The number of hydrogen-bond donors (Lipinski definition) is 2. The molecule has 30 heavy (non-hydrogen) atoms. The van der Waals surface area contributed by atoms with E-state index in [0.29, 0.717) is 29.4 Å². The molecule has 0 aliphatic carbocycles. The predicted octanol–water partition coefficient (Wildman–Crippen LogP) is 5.76. The topological polar surface area (TPSA) is 50.4 Å². The van der Waals surface area contributed by atoms with Crippen molar-refractivity contribution in [1.29, 1.82) is 0 Å². The Kier molecular flexibility index (Phi) is 5.01. The normalized spacial score (nSPS) is 19.8. The van der Waals surface area contributed by atoms with Crippen LogP contribution in [0.4, 0.5) is 10.1 Å². The van der Waals surface area contributed by atoms with Crippen molar-refractivity contribution in [2.75, 3.05) is 11.9 Å². The van der Waals surface area contributed by atoms with Crippen LogP contribution in [0.1, 0.15) is 44.7 Å². The van der Waals surface area contributed by atoms with Crippen LogP contribution >= 0.6 is 27.5 Å². The number of carbonyl (C=O) groups is 1. The van der Waals surface area contributed by atoms with Gasteiger partial charge < -0.3 is 15.4 Å². The Balaban J connectivity index is 1.61. The number of hydrogen-bond acceptors (Lipinski definition) is 3. The van der Waals surface area contributed by atoms with E-state index in [1.807, 2.05) is 18.2 Å². The minimum absolute atomic E-state index is 0.0762. The third-order valence-electron chi connectivity index (χ3n) is 5.52. The summed E-state index contributed by atoms with van der Waals surface area (Å²) in [6, 6.07) is 15.4. The Bertz CT molecular complexity index is 1170. The molecule has 5 rings (SSSR count). The zero-order chi connectivity index (χ0) is 20.8. The van der Waals surface area contributed by atoms with E-state index in [1.165, 1.54) is 18.2 Å². The van der Waals surface area contributed by atoms with Crippen LogP contribution in [-0.2, 0) is 11.3 Å². The summed E-state index contributed by atoms with van der Waals surface area (Å²) >= 11 is 9.87. The van der Waals surface area contributed by atoms with Crippen LogP contribution in [0, 0.1) is 5.82 Å². The number of amides is 1. The van der Waals surface area contributed by atoms with Crippen LogP contribution in [0.3, 0.4) is 0 Å². The lowest BCUT2D eigenvalue weighted by atomic mass is 9.94. The first-order valence-electron chi connectivity index (χ1n) is 9.52. The summed E-state index contributed by atoms with van der Waals surface area (Å²) in [6.45, 7) is 1.08. The highest BCUT2D eigenvalue weighted by molar-refractivity contribution is 9.10. The molecular formula is C23H17BrClFN2O2. The Morgan fingerprint density at radius 2 is 1.97 bits per heavy atom. The number of rotatable bonds is 3. The van der Waals surface area contributed by atoms with E-state index in [9.17, 15) is 9.18 Å². The molecule has 0 fully saturated rings. The summed E-state index contributed by atoms with van der Waals surface area (Å²) in [5, 5.41) is 6.89. The first-order chi connectivity index (χ1) is 14.5. The van der Waals surface area contributed by atoms with Gasteiger partial charge in [0.25, 0.3) is 5.91 Å². The standard InChI is InChI=1S/C23H17BrClFN2O2/c24-13-7-17-21(22(28-23(17)29)16-9-14(26)5-6-18(16)25)19(8-13)27-20-11-30-10-12-3-1-2-4-15(12)20/h1-9,20,22,27H,10-11H2,(H,28,29)/t20-,22+/m1/s1. The van der Waals surface area contributed by atoms with Gasteiger partial charge in [0, 0.05) is 31.9 Å². The summed E-state index contributed by atoms with van der Waals surface area (Å²) in [5.41, 5.74) is 4.87. The van der Waals surface area contributed by atoms with Crippen molar-refractivity contribution in [3.63, 3.8) is 0 Å². The van der Waals surface area contributed by atoms with Crippen LogP contribution in [0.2, 0.25) is 5.02 Å². The van der Waals surface area contributed by atoms with E-state index in [4.69, 9.17) is 16.3 Å². The van der Waals surface area contributed by atoms with E-state index >= 15 is 0 Å². The average molecular weight is 488 g/mol. The van der Waals surface area contributed by atoms with Crippen LogP contribution in [0.25, 0.3) is 0 Å². The lowest BCUT2D eigenvalue weighted by molar-refractivity contribution is 0.0960.